The average molecular weight is 223 g/mol. The van der Waals surface area contributed by atoms with Crippen LogP contribution in [0.4, 0.5) is 0 Å². The van der Waals surface area contributed by atoms with Gasteiger partial charge < -0.3 is 14.8 Å². The number of likely N-dealkylation sites (N-methyl/N-ethyl adjacent to an activating group) is 1. The van der Waals surface area contributed by atoms with E-state index >= 15 is 0 Å². The first kappa shape index (κ1) is 12.4. The molecular formula is C12H17NO3. The summed E-state index contributed by atoms with van der Waals surface area (Å²) in [6.45, 7) is 2.53. The second-order valence-electron chi connectivity index (χ2n) is 3.31. The van der Waals surface area contributed by atoms with E-state index in [1.165, 1.54) is 0 Å². The quantitative estimate of drug-likeness (QED) is 0.820. The summed E-state index contributed by atoms with van der Waals surface area (Å²) in [7, 11) is 3.17. The van der Waals surface area contributed by atoms with Crippen molar-refractivity contribution in [2.75, 3.05) is 20.8 Å². The number of methoxy groups -OCH3 is 2. The number of carbonyl (C=O) groups excluding carboxylic acids is 1. The number of rotatable bonds is 5. The van der Waals surface area contributed by atoms with Crippen LogP contribution < -0.4 is 14.8 Å². The van der Waals surface area contributed by atoms with Gasteiger partial charge in [-0.1, -0.05) is 6.07 Å². The topological polar surface area (TPSA) is 47.6 Å². The summed E-state index contributed by atoms with van der Waals surface area (Å²) >= 11 is 0. The number of carbonyl (C=O) groups is 1. The molecule has 0 atom stereocenters. The Hall–Kier alpha value is -1.71. The van der Waals surface area contributed by atoms with E-state index < -0.39 is 0 Å². The van der Waals surface area contributed by atoms with Gasteiger partial charge in [0.25, 0.3) is 0 Å². The highest BCUT2D eigenvalue weighted by Gasteiger charge is 2.08. The van der Waals surface area contributed by atoms with Crippen LogP contribution in [0.1, 0.15) is 12.5 Å². The van der Waals surface area contributed by atoms with E-state index in [2.05, 4.69) is 5.32 Å². The lowest BCUT2D eigenvalue weighted by Gasteiger charge is -2.10. The van der Waals surface area contributed by atoms with Crippen molar-refractivity contribution in [2.45, 2.75) is 13.3 Å². The van der Waals surface area contributed by atoms with Crippen molar-refractivity contribution in [1.29, 1.82) is 0 Å². The average Bonchev–Trinajstić information content (AvgIpc) is 2.30. The molecule has 0 saturated heterocycles. The highest BCUT2D eigenvalue weighted by Crippen LogP contribution is 2.24. The Labute approximate surface area is 95.6 Å². The molecule has 0 spiro atoms. The van der Waals surface area contributed by atoms with Crippen molar-refractivity contribution >= 4 is 5.91 Å². The van der Waals surface area contributed by atoms with E-state index in [9.17, 15) is 4.79 Å². The summed E-state index contributed by atoms with van der Waals surface area (Å²) in [5.74, 6) is 1.38. The molecule has 0 bridgehead atoms. The Bertz CT molecular complexity index is 363. The summed E-state index contributed by atoms with van der Waals surface area (Å²) < 4.78 is 10.3. The van der Waals surface area contributed by atoms with Crippen LogP contribution in [0, 0.1) is 0 Å². The second kappa shape index (κ2) is 6.00. The highest BCUT2D eigenvalue weighted by atomic mass is 16.5. The van der Waals surface area contributed by atoms with E-state index in [1.54, 1.807) is 20.3 Å². The fraction of sp³-hybridized carbons (Fsp3) is 0.417. The van der Waals surface area contributed by atoms with Crippen molar-refractivity contribution in [3.05, 3.63) is 23.8 Å². The zero-order valence-electron chi connectivity index (χ0n) is 9.87. The summed E-state index contributed by atoms with van der Waals surface area (Å²) in [5, 5.41) is 2.75. The van der Waals surface area contributed by atoms with Crippen molar-refractivity contribution in [1.82, 2.24) is 5.32 Å². The minimum Gasteiger partial charge on any atom is -0.497 e. The third kappa shape index (κ3) is 3.15. The molecule has 4 heteroatoms. The van der Waals surface area contributed by atoms with Crippen molar-refractivity contribution in [3.63, 3.8) is 0 Å². The van der Waals surface area contributed by atoms with Crippen LogP contribution in [-0.2, 0) is 11.2 Å². The molecule has 0 aliphatic rings. The van der Waals surface area contributed by atoms with E-state index in [4.69, 9.17) is 9.47 Å². The fourth-order valence-corrected chi connectivity index (χ4v) is 1.43. The van der Waals surface area contributed by atoms with Crippen LogP contribution in [0.25, 0.3) is 0 Å². The number of hydrogen-bond donors (Lipinski definition) is 1. The van der Waals surface area contributed by atoms with E-state index in [0.29, 0.717) is 18.7 Å². The van der Waals surface area contributed by atoms with Crippen LogP contribution >= 0.6 is 0 Å². The maximum absolute atomic E-state index is 11.4. The SMILES string of the molecule is CCNC(=O)Cc1ccc(OC)cc1OC. The van der Waals surface area contributed by atoms with Crippen molar-refractivity contribution in [3.8, 4) is 11.5 Å². The molecule has 0 fully saturated rings. The largest absolute Gasteiger partial charge is 0.497 e. The van der Waals surface area contributed by atoms with Gasteiger partial charge >= 0.3 is 0 Å². The van der Waals surface area contributed by atoms with Crippen LogP contribution in [-0.4, -0.2) is 26.7 Å². The predicted octanol–water partition coefficient (Wildman–Crippen LogP) is 1.38. The minimum absolute atomic E-state index is 0.00836. The lowest BCUT2D eigenvalue weighted by molar-refractivity contribution is -0.120. The monoisotopic (exact) mass is 223 g/mol. The van der Waals surface area contributed by atoms with Gasteiger partial charge in [0.2, 0.25) is 5.91 Å². The lowest BCUT2D eigenvalue weighted by Crippen LogP contribution is -2.24. The smallest absolute Gasteiger partial charge is 0.224 e. The molecule has 1 rings (SSSR count). The lowest BCUT2D eigenvalue weighted by atomic mass is 10.1. The number of benzene rings is 1. The van der Waals surface area contributed by atoms with Crippen LogP contribution in [0.3, 0.4) is 0 Å². The summed E-state index contributed by atoms with van der Waals surface area (Å²) in [5.41, 5.74) is 0.856. The number of ether oxygens (including phenoxy) is 2. The molecule has 0 aromatic heterocycles. The minimum atomic E-state index is -0.00836. The Morgan fingerprint density at radius 1 is 1.31 bits per heavy atom. The molecule has 1 aromatic rings. The Kier molecular flexibility index (Phi) is 4.64. The summed E-state index contributed by atoms with van der Waals surface area (Å²) in [6, 6.07) is 5.43. The first-order valence-electron chi connectivity index (χ1n) is 5.18. The van der Waals surface area contributed by atoms with Gasteiger partial charge in [-0.15, -0.1) is 0 Å². The Morgan fingerprint density at radius 3 is 2.62 bits per heavy atom. The number of nitrogens with one attached hydrogen (secondary N) is 1. The van der Waals surface area contributed by atoms with Crippen LogP contribution in [0.2, 0.25) is 0 Å². The maximum atomic E-state index is 11.4. The third-order valence-corrected chi connectivity index (χ3v) is 2.22. The standard InChI is InChI=1S/C12H17NO3/c1-4-13-12(14)7-9-5-6-10(15-2)8-11(9)16-3/h5-6,8H,4,7H2,1-3H3,(H,13,14). The third-order valence-electron chi connectivity index (χ3n) is 2.22. The molecule has 4 nitrogen and oxygen atoms in total. The molecular weight excluding hydrogens is 206 g/mol. The molecule has 88 valence electrons. The molecule has 0 aliphatic heterocycles. The molecule has 16 heavy (non-hydrogen) atoms. The van der Waals surface area contributed by atoms with Gasteiger partial charge in [0.1, 0.15) is 11.5 Å². The Morgan fingerprint density at radius 2 is 2.06 bits per heavy atom. The number of hydrogen-bond acceptors (Lipinski definition) is 3. The first-order chi connectivity index (χ1) is 7.71. The molecule has 1 amide bonds. The van der Waals surface area contributed by atoms with Gasteiger partial charge in [-0.3, -0.25) is 4.79 Å². The predicted molar refractivity (Wildman–Crippen MR) is 61.9 cm³/mol. The van der Waals surface area contributed by atoms with Gasteiger partial charge in [-0.25, -0.2) is 0 Å². The summed E-state index contributed by atoms with van der Waals surface area (Å²) in [4.78, 5) is 11.4. The fourth-order valence-electron chi connectivity index (χ4n) is 1.43. The normalized spacial score (nSPS) is 9.69. The first-order valence-corrected chi connectivity index (χ1v) is 5.18. The van der Waals surface area contributed by atoms with Crippen molar-refractivity contribution < 1.29 is 14.3 Å². The molecule has 0 aliphatic carbocycles. The van der Waals surface area contributed by atoms with Crippen LogP contribution in [0.5, 0.6) is 11.5 Å². The summed E-state index contributed by atoms with van der Waals surface area (Å²) in [6.07, 6.45) is 0.320. The Balaban J connectivity index is 2.83. The number of amides is 1. The van der Waals surface area contributed by atoms with E-state index in [-0.39, 0.29) is 5.91 Å². The molecule has 0 saturated carbocycles. The van der Waals surface area contributed by atoms with Gasteiger partial charge in [-0.2, -0.15) is 0 Å². The van der Waals surface area contributed by atoms with E-state index in [0.717, 1.165) is 11.3 Å². The molecule has 1 aromatic carbocycles. The maximum Gasteiger partial charge on any atom is 0.224 e. The molecule has 0 heterocycles. The van der Waals surface area contributed by atoms with Gasteiger partial charge in [0.15, 0.2) is 0 Å². The molecule has 1 N–H and O–H groups in total. The molecule has 0 unspecified atom stereocenters. The van der Waals surface area contributed by atoms with Gasteiger partial charge in [-0.05, 0) is 13.0 Å². The van der Waals surface area contributed by atoms with Gasteiger partial charge in [0, 0.05) is 18.2 Å². The van der Waals surface area contributed by atoms with E-state index in [1.807, 2.05) is 19.1 Å². The molecule has 0 radical (unpaired) electrons. The van der Waals surface area contributed by atoms with Gasteiger partial charge in [0.05, 0.1) is 20.6 Å². The zero-order valence-corrected chi connectivity index (χ0v) is 9.87. The zero-order chi connectivity index (χ0) is 12.0. The highest BCUT2D eigenvalue weighted by molar-refractivity contribution is 5.79. The second-order valence-corrected chi connectivity index (χ2v) is 3.31. The van der Waals surface area contributed by atoms with Crippen LogP contribution in [0.15, 0.2) is 18.2 Å². The van der Waals surface area contributed by atoms with Crippen molar-refractivity contribution in [2.24, 2.45) is 0 Å².